The molecule has 1 aromatic heterocycles. The predicted molar refractivity (Wildman–Crippen MR) is 92.3 cm³/mol. The second-order valence-corrected chi connectivity index (χ2v) is 6.17. The molecule has 0 saturated heterocycles. The molecule has 128 valence electrons. The zero-order valence-corrected chi connectivity index (χ0v) is 14.8. The number of ether oxygens (including phenoxy) is 2. The Kier molecular flexibility index (Phi) is 6.72. The van der Waals surface area contributed by atoms with Crippen LogP contribution in [0.1, 0.15) is 17.4 Å². The maximum atomic E-state index is 12.1. The van der Waals surface area contributed by atoms with Crippen molar-refractivity contribution >= 4 is 34.8 Å². The second kappa shape index (κ2) is 8.77. The van der Waals surface area contributed by atoms with Gasteiger partial charge in [-0.1, -0.05) is 23.7 Å². The summed E-state index contributed by atoms with van der Waals surface area (Å²) >= 11 is 7.26. The molecule has 1 amide bonds. The number of hydrogen-bond acceptors (Lipinski definition) is 6. The number of nitrogens with zero attached hydrogens (tertiary/aromatic N) is 1. The van der Waals surface area contributed by atoms with Crippen LogP contribution in [0.4, 0.5) is 0 Å². The number of aromatic nitrogens is 1. The number of hydrogen-bond donors (Lipinski definition) is 1. The van der Waals surface area contributed by atoms with Crippen LogP contribution in [-0.4, -0.2) is 43.2 Å². The monoisotopic (exact) mass is 368 g/mol. The van der Waals surface area contributed by atoms with Crippen molar-refractivity contribution in [1.82, 2.24) is 10.3 Å². The van der Waals surface area contributed by atoms with Gasteiger partial charge in [0.15, 0.2) is 11.8 Å². The van der Waals surface area contributed by atoms with Gasteiger partial charge in [-0.2, -0.15) is 0 Å². The number of methoxy groups -OCH3 is 1. The molecule has 0 spiro atoms. The Morgan fingerprint density at radius 1 is 1.42 bits per heavy atom. The third kappa shape index (κ3) is 5.02. The van der Waals surface area contributed by atoms with E-state index in [9.17, 15) is 9.59 Å². The van der Waals surface area contributed by atoms with Gasteiger partial charge in [0.1, 0.15) is 5.01 Å². The standard InChI is InChI=1S/C16H17ClN2O4S/c1-10(14(20)18-6-7-22-2)23-16(21)13-9-24-15(19-13)11-4-3-5-12(17)8-11/h3-5,8-10H,6-7H2,1-2H3,(H,18,20)/t10-/m0/s1. The highest BCUT2D eigenvalue weighted by molar-refractivity contribution is 7.13. The molecule has 0 bridgehead atoms. The predicted octanol–water partition coefficient (Wildman–Crippen LogP) is 2.77. The van der Waals surface area contributed by atoms with Gasteiger partial charge in [-0.05, 0) is 19.1 Å². The Bertz CT molecular complexity index is 720. The Balaban J connectivity index is 1.97. The van der Waals surface area contributed by atoms with Crippen molar-refractivity contribution in [3.05, 3.63) is 40.4 Å². The van der Waals surface area contributed by atoms with Crippen molar-refractivity contribution in [2.75, 3.05) is 20.3 Å². The fourth-order valence-electron chi connectivity index (χ4n) is 1.82. The van der Waals surface area contributed by atoms with E-state index in [1.165, 1.54) is 25.4 Å². The van der Waals surface area contributed by atoms with Crippen LogP contribution in [0, 0.1) is 0 Å². The summed E-state index contributed by atoms with van der Waals surface area (Å²) in [6.07, 6.45) is -0.911. The Morgan fingerprint density at radius 3 is 2.92 bits per heavy atom. The molecule has 0 radical (unpaired) electrons. The van der Waals surface area contributed by atoms with Gasteiger partial charge in [-0.25, -0.2) is 9.78 Å². The lowest BCUT2D eigenvalue weighted by Crippen LogP contribution is -2.37. The van der Waals surface area contributed by atoms with Crippen LogP contribution in [0.5, 0.6) is 0 Å². The van der Waals surface area contributed by atoms with E-state index in [2.05, 4.69) is 10.3 Å². The third-order valence-corrected chi connectivity index (χ3v) is 4.17. The fourth-order valence-corrected chi connectivity index (χ4v) is 2.79. The minimum atomic E-state index is -0.911. The number of halogens is 1. The first kappa shape index (κ1) is 18.4. The molecule has 2 aromatic rings. The van der Waals surface area contributed by atoms with E-state index in [0.29, 0.717) is 23.2 Å². The van der Waals surface area contributed by atoms with Gasteiger partial charge in [0.2, 0.25) is 0 Å². The molecule has 0 saturated carbocycles. The molecule has 1 atom stereocenters. The average Bonchev–Trinajstić information content (AvgIpc) is 3.05. The highest BCUT2D eigenvalue weighted by atomic mass is 35.5. The highest BCUT2D eigenvalue weighted by Gasteiger charge is 2.20. The van der Waals surface area contributed by atoms with Gasteiger partial charge in [0.25, 0.3) is 5.91 Å². The zero-order chi connectivity index (χ0) is 17.5. The van der Waals surface area contributed by atoms with Crippen LogP contribution in [0.3, 0.4) is 0 Å². The molecule has 1 N–H and O–H groups in total. The molecule has 0 aliphatic carbocycles. The van der Waals surface area contributed by atoms with Crippen molar-refractivity contribution in [3.63, 3.8) is 0 Å². The molecule has 2 rings (SSSR count). The maximum absolute atomic E-state index is 12.1. The number of benzene rings is 1. The minimum Gasteiger partial charge on any atom is -0.448 e. The van der Waals surface area contributed by atoms with E-state index in [1.807, 2.05) is 12.1 Å². The van der Waals surface area contributed by atoms with E-state index in [4.69, 9.17) is 21.1 Å². The lowest BCUT2D eigenvalue weighted by molar-refractivity contribution is -0.129. The van der Waals surface area contributed by atoms with Crippen LogP contribution < -0.4 is 5.32 Å². The van der Waals surface area contributed by atoms with Crippen molar-refractivity contribution in [3.8, 4) is 10.6 Å². The summed E-state index contributed by atoms with van der Waals surface area (Å²) in [5.74, 6) is -1.03. The van der Waals surface area contributed by atoms with Gasteiger partial charge in [0.05, 0.1) is 6.61 Å². The van der Waals surface area contributed by atoms with Crippen molar-refractivity contribution in [2.45, 2.75) is 13.0 Å². The summed E-state index contributed by atoms with van der Waals surface area (Å²) < 4.78 is 9.96. The Morgan fingerprint density at radius 2 is 2.21 bits per heavy atom. The summed E-state index contributed by atoms with van der Waals surface area (Å²) in [5.41, 5.74) is 0.975. The number of rotatable bonds is 7. The maximum Gasteiger partial charge on any atom is 0.358 e. The van der Waals surface area contributed by atoms with Crippen molar-refractivity contribution < 1.29 is 19.1 Å². The summed E-state index contributed by atoms with van der Waals surface area (Å²) in [6, 6.07) is 7.19. The molecule has 1 heterocycles. The van der Waals surface area contributed by atoms with Gasteiger partial charge in [0, 0.05) is 29.6 Å². The summed E-state index contributed by atoms with van der Waals surface area (Å²) in [7, 11) is 1.54. The van der Waals surface area contributed by atoms with Crippen LogP contribution >= 0.6 is 22.9 Å². The summed E-state index contributed by atoms with van der Waals surface area (Å²) in [4.78, 5) is 28.1. The van der Waals surface area contributed by atoms with Crippen molar-refractivity contribution in [1.29, 1.82) is 0 Å². The lowest BCUT2D eigenvalue weighted by atomic mass is 10.2. The molecule has 0 aliphatic heterocycles. The Hall–Kier alpha value is -1.96. The molecule has 0 fully saturated rings. The first-order chi connectivity index (χ1) is 11.5. The number of thiazole rings is 1. The molecule has 1 aromatic carbocycles. The molecule has 0 unspecified atom stereocenters. The average molecular weight is 369 g/mol. The highest BCUT2D eigenvalue weighted by Crippen LogP contribution is 2.26. The van der Waals surface area contributed by atoms with Crippen LogP contribution in [-0.2, 0) is 14.3 Å². The van der Waals surface area contributed by atoms with Gasteiger partial charge >= 0.3 is 5.97 Å². The molecule has 0 aliphatic rings. The van der Waals surface area contributed by atoms with E-state index in [0.717, 1.165) is 5.56 Å². The molecular formula is C16H17ClN2O4S. The van der Waals surface area contributed by atoms with E-state index in [1.54, 1.807) is 17.5 Å². The number of carbonyl (C=O) groups is 2. The zero-order valence-electron chi connectivity index (χ0n) is 13.2. The van der Waals surface area contributed by atoms with Gasteiger partial charge in [-0.3, -0.25) is 4.79 Å². The number of nitrogens with one attached hydrogen (secondary N) is 1. The SMILES string of the molecule is COCCNC(=O)[C@H](C)OC(=O)c1csc(-c2cccc(Cl)c2)n1. The Labute approximate surface area is 148 Å². The molecule has 6 nitrogen and oxygen atoms in total. The molecular weight excluding hydrogens is 352 g/mol. The lowest BCUT2D eigenvalue weighted by Gasteiger charge is -2.12. The van der Waals surface area contributed by atoms with Crippen molar-refractivity contribution in [2.24, 2.45) is 0 Å². The summed E-state index contributed by atoms with van der Waals surface area (Å²) in [6.45, 7) is 2.25. The topological polar surface area (TPSA) is 77.5 Å². The van der Waals surface area contributed by atoms with Gasteiger partial charge in [-0.15, -0.1) is 11.3 Å². The normalized spacial score (nSPS) is 11.8. The first-order valence-electron chi connectivity index (χ1n) is 7.20. The van der Waals surface area contributed by atoms with E-state index in [-0.39, 0.29) is 11.6 Å². The van der Waals surface area contributed by atoms with E-state index < -0.39 is 12.1 Å². The second-order valence-electron chi connectivity index (χ2n) is 4.88. The number of amides is 1. The van der Waals surface area contributed by atoms with Gasteiger partial charge < -0.3 is 14.8 Å². The summed E-state index contributed by atoms with van der Waals surface area (Å²) in [5, 5.41) is 5.44. The quantitative estimate of drug-likeness (QED) is 0.600. The van der Waals surface area contributed by atoms with Crippen LogP contribution in [0.25, 0.3) is 10.6 Å². The largest absolute Gasteiger partial charge is 0.448 e. The third-order valence-electron chi connectivity index (χ3n) is 3.04. The van der Waals surface area contributed by atoms with E-state index >= 15 is 0 Å². The number of carbonyl (C=O) groups excluding carboxylic acids is 2. The fraction of sp³-hybridized carbons (Fsp3) is 0.312. The molecule has 24 heavy (non-hydrogen) atoms. The first-order valence-corrected chi connectivity index (χ1v) is 8.46. The van der Waals surface area contributed by atoms with Crippen LogP contribution in [0.15, 0.2) is 29.6 Å². The molecule has 8 heteroatoms. The van der Waals surface area contributed by atoms with Crippen LogP contribution in [0.2, 0.25) is 5.02 Å². The smallest absolute Gasteiger partial charge is 0.358 e. The minimum absolute atomic E-state index is 0.159. The number of esters is 1.